The second-order valence-corrected chi connectivity index (χ2v) is 6.48. The molecule has 17 heavy (non-hydrogen) atoms. The summed E-state index contributed by atoms with van der Waals surface area (Å²) in [6.45, 7) is 12.7. The highest BCUT2D eigenvalue weighted by Gasteiger charge is 2.25. The van der Waals surface area contributed by atoms with E-state index in [1.807, 2.05) is 0 Å². The Hall–Kier alpha value is -0.0800. The van der Waals surface area contributed by atoms with E-state index >= 15 is 0 Å². The van der Waals surface area contributed by atoms with Crippen LogP contribution in [-0.2, 0) is 0 Å². The van der Waals surface area contributed by atoms with Crippen LogP contribution in [0.2, 0.25) is 0 Å². The second-order valence-electron chi connectivity index (χ2n) is 6.48. The Morgan fingerprint density at radius 1 is 1.18 bits per heavy atom. The van der Waals surface area contributed by atoms with Gasteiger partial charge < -0.3 is 5.73 Å². The Morgan fingerprint density at radius 2 is 1.88 bits per heavy atom. The van der Waals surface area contributed by atoms with Gasteiger partial charge in [-0.05, 0) is 56.5 Å². The summed E-state index contributed by atoms with van der Waals surface area (Å²) in [6, 6.07) is 0.600. The molecule has 0 aromatic carbocycles. The minimum Gasteiger partial charge on any atom is -0.329 e. The summed E-state index contributed by atoms with van der Waals surface area (Å²) in [6.07, 6.45) is 5.40. The summed E-state index contributed by atoms with van der Waals surface area (Å²) >= 11 is 0. The van der Waals surface area contributed by atoms with Crippen molar-refractivity contribution < 1.29 is 0 Å². The van der Waals surface area contributed by atoms with E-state index < -0.39 is 0 Å². The summed E-state index contributed by atoms with van der Waals surface area (Å²) in [5.41, 5.74) is 6.02. The van der Waals surface area contributed by atoms with Gasteiger partial charge in [-0.15, -0.1) is 0 Å². The van der Waals surface area contributed by atoms with Gasteiger partial charge in [0.1, 0.15) is 0 Å². The third-order valence-corrected chi connectivity index (χ3v) is 4.26. The Balaban J connectivity index is 2.53. The van der Waals surface area contributed by atoms with E-state index in [4.69, 9.17) is 5.73 Å². The smallest absolute Gasteiger partial charge is 0.0244 e. The Labute approximate surface area is 108 Å². The molecule has 1 aliphatic rings. The molecule has 0 aromatic heterocycles. The fraction of sp³-hybridized carbons (Fsp3) is 1.00. The van der Waals surface area contributed by atoms with Crippen LogP contribution in [0.5, 0.6) is 0 Å². The zero-order valence-corrected chi connectivity index (χ0v) is 12.3. The standard InChI is InChI=1S/C15H32N2/c1-12(2)10-14(4)15(11-16)17-8-5-6-13(3)7-9-17/h12-15H,5-11,16H2,1-4H3. The monoisotopic (exact) mass is 240 g/mol. The van der Waals surface area contributed by atoms with Crippen LogP contribution in [0, 0.1) is 17.8 Å². The largest absolute Gasteiger partial charge is 0.329 e. The molecule has 1 heterocycles. The predicted molar refractivity (Wildman–Crippen MR) is 76.0 cm³/mol. The lowest BCUT2D eigenvalue weighted by atomic mass is 9.91. The third kappa shape index (κ3) is 4.97. The lowest BCUT2D eigenvalue weighted by Crippen LogP contribution is -2.45. The van der Waals surface area contributed by atoms with E-state index in [0.29, 0.717) is 6.04 Å². The summed E-state index contributed by atoms with van der Waals surface area (Å²) in [7, 11) is 0. The Morgan fingerprint density at radius 3 is 2.47 bits per heavy atom. The minimum atomic E-state index is 0.600. The van der Waals surface area contributed by atoms with Crippen molar-refractivity contribution in [1.29, 1.82) is 0 Å². The van der Waals surface area contributed by atoms with Gasteiger partial charge in [-0.1, -0.05) is 27.7 Å². The first kappa shape index (κ1) is 15.0. The second kappa shape index (κ2) is 7.38. The first-order valence-corrected chi connectivity index (χ1v) is 7.48. The summed E-state index contributed by atoms with van der Waals surface area (Å²) in [5.74, 6) is 2.41. The Bertz CT molecular complexity index is 203. The molecular weight excluding hydrogens is 208 g/mol. The van der Waals surface area contributed by atoms with Gasteiger partial charge in [0.15, 0.2) is 0 Å². The molecule has 1 saturated heterocycles. The normalized spacial score (nSPS) is 26.8. The summed E-state index contributed by atoms with van der Waals surface area (Å²) in [4.78, 5) is 2.66. The summed E-state index contributed by atoms with van der Waals surface area (Å²) < 4.78 is 0. The van der Waals surface area contributed by atoms with Crippen LogP contribution in [0.15, 0.2) is 0 Å². The minimum absolute atomic E-state index is 0.600. The van der Waals surface area contributed by atoms with Gasteiger partial charge in [0.05, 0.1) is 0 Å². The maximum absolute atomic E-state index is 6.02. The lowest BCUT2D eigenvalue weighted by molar-refractivity contribution is 0.144. The molecule has 0 amide bonds. The highest BCUT2D eigenvalue weighted by Crippen LogP contribution is 2.23. The van der Waals surface area contributed by atoms with Crippen molar-refractivity contribution >= 4 is 0 Å². The van der Waals surface area contributed by atoms with Crippen LogP contribution < -0.4 is 5.73 Å². The van der Waals surface area contributed by atoms with Gasteiger partial charge in [0, 0.05) is 12.6 Å². The zero-order valence-electron chi connectivity index (χ0n) is 12.3. The lowest BCUT2D eigenvalue weighted by Gasteiger charge is -2.35. The van der Waals surface area contributed by atoms with Crippen molar-refractivity contribution in [1.82, 2.24) is 4.90 Å². The van der Waals surface area contributed by atoms with E-state index in [2.05, 4.69) is 32.6 Å². The molecule has 2 nitrogen and oxygen atoms in total. The number of likely N-dealkylation sites (tertiary alicyclic amines) is 1. The van der Waals surface area contributed by atoms with Crippen LogP contribution in [-0.4, -0.2) is 30.6 Å². The highest BCUT2D eigenvalue weighted by molar-refractivity contribution is 4.81. The van der Waals surface area contributed by atoms with E-state index in [0.717, 1.165) is 24.3 Å². The van der Waals surface area contributed by atoms with Crippen molar-refractivity contribution in [2.45, 2.75) is 59.4 Å². The molecular formula is C15H32N2. The number of nitrogens with zero attached hydrogens (tertiary/aromatic N) is 1. The Kier molecular flexibility index (Phi) is 6.50. The molecule has 0 aromatic rings. The van der Waals surface area contributed by atoms with E-state index in [1.165, 1.54) is 38.8 Å². The molecule has 102 valence electrons. The van der Waals surface area contributed by atoms with Crippen LogP contribution in [0.4, 0.5) is 0 Å². The number of hydrogen-bond donors (Lipinski definition) is 1. The molecule has 2 heteroatoms. The molecule has 1 rings (SSSR count). The zero-order chi connectivity index (χ0) is 12.8. The molecule has 0 saturated carbocycles. The maximum atomic E-state index is 6.02. The SMILES string of the molecule is CC(C)CC(C)C(CN)N1CCCC(C)CC1. The van der Waals surface area contributed by atoms with Crippen LogP contribution in [0.25, 0.3) is 0 Å². The van der Waals surface area contributed by atoms with Crippen molar-refractivity contribution in [2.24, 2.45) is 23.5 Å². The van der Waals surface area contributed by atoms with Crippen molar-refractivity contribution in [2.75, 3.05) is 19.6 Å². The quantitative estimate of drug-likeness (QED) is 0.800. The highest BCUT2D eigenvalue weighted by atomic mass is 15.2. The van der Waals surface area contributed by atoms with Crippen LogP contribution >= 0.6 is 0 Å². The first-order chi connectivity index (χ1) is 8.04. The van der Waals surface area contributed by atoms with Crippen molar-refractivity contribution in [3.05, 3.63) is 0 Å². The van der Waals surface area contributed by atoms with Crippen molar-refractivity contribution in [3.8, 4) is 0 Å². The number of rotatable bonds is 5. The molecule has 0 bridgehead atoms. The van der Waals surface area contributed by atoms with Gasteiger partial charge in [0.25, 0.3) is 0 Å². The molecule has 0 aliphatic carbocycles. The van der Waals surface area contributed by atoms with Gasteiger partial charge in [-0.3, -0.25) is 4.90 Å². The number of nitrogens with two attached hydrogens (primary N) is 1. The molecule has 0 radical (unpaired) electrons. The average Bonchev–Trinajstić information content (AvgIpc) is 2.44. The first-order valence-electron chi connectivity index (χ1n) is 7.48. The van der Waals surface area contributed by atoms with E-state index in [-0.39, 0.29) is 0 Å². The van der Waals surface area contributed by atoms with Gasteiger partial charge in [0.2, 0.25) is 0 Å². The van der Waals surface area contributed by atoms with Gasteiger partial charge >= 0.3 is 0 Å². The predicted octanol–water partition coefficient (Wildman–Crippen LogP) is 3.12. The van der Waals surface area contributed by atoms with E-state index in [9.17, 15) is 0 Å². The fourth-order valence-electron chi connectivity index (χ4n) is 3.26. The molecule has 3 atom stereocenters. The fourth-order valence-corrected chi connectivity index (χ4v) is 3.26. The summed E-state index contributed by atoms with van der Waals surface area (Å²) in [5, 5.41) is 0. The molecule has 3 unspecified atom stereocenters. The van der Waals surface area contributed by atoms with Crippen LogP contribution in [0.1, 0.15) is 53.4 Å². The van der Waals surface area contributed by atoms with Gasteiger partial charge in [-0.2, -0.15) is 0 Å². The van der Waals surface area contributed by atoms with Crippen LogP contribution in [0.3, 0.4) is 0 Å². The van der Waals surface area contributed by atoms with Crippen molar-refractivity contribution in [3.63, 3.8) is 0 Å². The third-order valence-electron chi connectivity index (χ3n) is 4.26. The molecule has 1 aliphatic heterocycles. The van der Waals surface area contributed by atoms with Gasteiger partial charge in [-0.25, -0.2) is 0 Å². The maximum Gasteiger partial charge on any atom is 0.0244 e. The average molecular weight is 240 g/mol. The topological polar surface area (TPSA) is 29.3 Å². The molecule has 0 spiro atoms. The number of hydrogen-bond acceptors (Lipinski definition) is 2. The molecule has 1 fully saturated rings. The van der Waals surface area contributed by atoms with E-state index in [1.54, 1.807) is 0 Å². The molecule has 2 N–H and O–H groups in total.